The number of pyridine rings is 1. The van der Waals surface area contributed by atoms with Gasteiger partial charge in [0.2, 0.25) is 17.8 Å². The number of benzene rings is 1. The number of hydrogen-bond acceptors (Lipinski definition) is 14. The standard InChI is InChI=1S/C36H40N10O6S3/c1-5-22-28(53-18(3)40-22)33(50)43-35-42-24-14-20(30(37)48)15-25(52-13-9-12-47)27(24)45(35)10-7-8-11-46-32-26(16-21(17-39-32)31(38)49)55-36(46)44-34(51)29-23(6-2)41-19(4)54-29/h7-8,14-17,33,47,50H,5-6,9-13H2,1-4H3,(H2,37,48)(H2,38,49)(H,42,43)/b8-7+,44-36-. The Kier molecular flexibility index (Phi) is 12.2. The average Bonchev–Trinajstić information content (AvgIpc) is 3.92. The van der Waals surface area contributed by atoms with Crippen molar-refractivity contribution in [3.8, 4) is 5.75 Å². The van der Waals surface area contributed by atoms with E-state index >= 15 is 0 Å². The predicted molar refractivity (Wildman–Crippen MR) is 212 cm³/mol. The lowest BCUT2D eigenvalue weighted by molar-refractivity contribution is 0.0991. The summed E-state index contributed by atoms with van der Waals surface area (Å²) < 4.78 is 10.2. The molecule has 0 fully saturated rings. The molecule has 0 saturated heterocycles. The van der Waals surface area contributed by atoms with Crippen LogP contribution in [0.1, 0.15) is 83.2 Å². The first-order chi connectivity index (χ1) is 26.4. The number of aliphatic hydroxyl groups is 2. The number of carbonyl (C=O) groups is 3. The third kappa shape index (κ3) is 8.50. The zero-order valence-electron chi connectivity index (χ0n) is 30.5. The Labute approximate surface area is 326 Å². The molecular weight excluding hydrogens is 765 g/mol. The third-order valence-electron chi connectivity index (χ3n) is 8.41. The molecule has 0 saturated carbocycles. The van der Waals surface area contributed by atoms with E-state index in [4.69, 9.17) is 21.2 Å². The van der Waals surface area contributed by atoms with Crippen molar-refractivity contribution in [3.63, 3.8) is 0 Å². The fourth-order valence-electron chi connectivity index (χ4n) is 5.87. The molecular formula is C36H40N10O6S3. The Morgan fingerprint density at radius 1 is 0.945 bits per heavy atom. The third-order valence-corrected chi connectivity index (χ3v) is 11.5. The van der Waals surface area contributed by atoms with Gasteiger partial charge in [0.1, 0.15) is 16.1 Å². The van der Waals surface area contributed by atoms with Gasteiger partial charge in [-0.15, -0.1) is 22.7 Å². The second-order valence-electron chi connectivity index (χ2n) is 12.3. The van der Waals surface area contributed by atoms with Crippen molar-refractivity contribution in [1.29, 1.82) is 0 Å². The van der Waals surface area contributed by atoms with Crippen molar-refractivity contribution < 1.29 is 29.3 Å². The lowest BCUT2D eigenvalue weighted by Crippen LogP contribution is -2.17. The maximum absolute atomic E-state index is 13.5. The van der Waals surface area contributed by atoms with Gasteiger partial charge in [-0.25, -0.2) is 19.9 Å². The zero-order valence-corrected chi connectivity index (χ0v) is 33.0. The molecule has 6 aromatic rings. The minimum absolute atomic E-state index is 0.0925. The number of anilines is 1. The topological polar surface area (TPSA) is 239 Å². The van der Waals surface area contributed by atoms with Gasteiger partial charge in [0.25, 0.3) is 5.91 Å². The minimum Gasteiger partial charge on any atom is -0.491 e. The summed E-state index contributed by atoms with van der Waals surface area (Å²) in [7, 11) is 0. The highest BCUT2D eigenvalue weighted by atomic mass is 32.1. The largest absolute Gasteiger partial charge is 0.491 e. The number of rotatable bonds is 16. The Bertz CT molecular complexity index is 2510. The van der Waals surface area contributed by atoms with E-state index in [1.165, 1.54) is 46.3 Å². The van der Waals surface area contributed by atoms with Crippen LogP contribution in [0.4, 0.5) is 5.95 Å². The Morgan fingerprint density at radius 2 is 1.64 bits per heavy atom. The van der Waals surface area contributed by atoms with Crippen LogP contribution < -0.4 is 26.3 Å². The summed E-state index contributed by atoms with van der Waals surface area (Å²) >= 11 is 3.88. The van der Waals surface area contributed by atoms with E-state index in [0.29, 0.717) is 66.6 Å². The lowest BCUT2D eigenvalue weighted by atomic mass is 10.1. The number of nitrogens with zero attached hydrogens (tertiary/aromatic N) is 7. The van der Waals surface area contributed by atoms with Gasteiger partial charge in [0, 0.05) is 37.9 Å². The average molecular weight is 805 g/mol. The van der Waals surface area contributed by atoms with E-state index < -0.39 is 23.9 Å². The van der Waals surface area contributed by atoms with Crippen molar-refractivity contribution in [2.75, 3.05) is 18.5 Å². The maximum Gasteiger partial charge on any atom is 0.291 e. The highest BCUT2D eigenvalue weighted by molar-refractivity contribution is 7.16. The molecule has 0 spiro atoms. The zero-order chi connectivity index (χ0) is 39.4. The quantitative estimate of drug-likeness (QED) is 0.0529. The molecule has 288 valence electrons. The summed E-state index contributed by atoms with van der Waals surface area (Å²) in [5.74, 6) is -1.11. The number of aliphatic hydroxyl groups excluding tert-OH is 2. The first-order valence-corrected chi connectivity index (χ1v) is 19.8. The predicted octanol–water partition coefficient (Wildman–Crippen LogP) is 4.16. The highest BCUT2D eigenvalue weighted by Gasteiger charge is 2.23. The van der Waals surface area contributed by atoms with Gasteiger partial charge >= 0.3 is 0 Å². The van der Waals surface area contributed by atoms with Crippen molar-refractivity contribution in [1.82, 2.24) is 29.1 Å². The SMILES string of the molecule is CCc1nc(C)sc1C(=O)/N=c1\sc2cc(C(N)=O)cnc2n1C/C=C/Cn1c(NC(O)c2sc(C)nc2CC)nc2cc(C(N)=O)cc(OCCCO)c21. The number of aromatic nitrogens is 6. The number of primary amides is 2. The first-order valence-electron chi connectivity index (χ1n) is 17.4. The molecule has 0 radical (unpaired) electrons. The molecule has 5 heterocycles. The maximum atomic E-state index is 13.5. The van der Waals surface area contributed by atoms with Gasteiger partial charge in [-0.2, -0.15) is 4.99 Å². The molecule has 0 aliphatic rings. The molecule has 1 unspecified atom stereocenters. The number of carbonyl (C=O) groups excluding carboxylic acids is 3. The summed E-state index contributed by atoms with van der Waals surface area (Å²) in [5, 5.41) is 25.5. The van der Waals surface area contributed by atoms with E-state index in [9.17, 15) is 24.6 Å². The van der Waals surface area contributed by atoms with Crippen molar-refractivity contribution in [2.45, 2.75) is 66.3 Å². The number of imidazole rings is 1. The van der Waals surface area contributed by atoms with Gasteiger partial charge in [-0.3, -0.25) is 19.0 Å². The van der Waals surface area contributed by atoms with Crippen LogP contribution in [0.2, 0.25) is 0 Å². The molecule has 0 bridgehead atoms. The number of fused-ring (bicyclic) bond motifs is 2. The van der Waals surface area contributed by atoms with Crippen molar-refractivity contribution >= 4 is 79.1 Å². The van der Waals surface area contributed by atoms with E-state index in [-0.39, 0.29) is 43.4 Å². The number of hydrogen-bond donors (Lipinski definition) is 5. The molecule has 6 rings (SSSR count). The molecule has 55 heavy (non-hydrogen) atoms. The number of nitrogens with two attached hydrogens (primary N) is 2. The lowest BCUT2D eigenvalue weighted by Gasteiger charge is -2.16. The second kappa shape index (κ2) is 17.0. The highest BCUT2D eigenvalue weighted by Crippen LogP contribution is 2.34. The molecule has 0 aliphatic heterocycles. The number of ether oxygens (including phenoxy) is 1. The van der Waals surface area contributed by atoms with Crippen LogP contribution >= 0.6 is 34.0 Å². The van der Waals surface area contributed by atoms with Crippen LogP contribution in [0.5, 0.6) is 5.75 Å². The molecule has 1 aromatic carbocycles. The van der Waals surface area contributed by atoms with Crippen LogP contribution in [-0.4, -0.2) is 70.2 Å². The first kappa shape index (κ1) is 39.4. The van der Waals surface area contributed by atoms with E-state index in [0.717, 1.165) is 15.7 Å². The smallest absolute Gasteiger partial charge is 0.291 e. The number of nitrogens with one attached hydrogen (secondary N) is 1. The summed E-state index contributed by atoms with van der Waals surface area (Å²) in [6, 6.07) is 4.72. The fourth-order valence-corrected chi connectivity index (χ4v) is 8.75. The van der Waals surface area contributed by atoms with Crippen LogP contribution in [-0.2, 0) is 25.9 Å². The molecule has 16 nitrogen and oxygen atoms in total. The number of allylic oxidation sites excluding steroid dienone is 2. The fraction of sp³-hybridized carbons (Fsp3) is 0.333. The normalized spacial score (nSPS) is 12.7. The molecule has 3 amide bonds. The Hall–Kier alpha value is -5.34. The summed E-state index contributed by atoms with van der Waals surface area (Å²) in [6.45, 7) is 8.14. The van der Waals surface area contributed by atoms with Crippen molar-refractivity contribution in [2.24, 2.45) is 16.5 Å². The monoisotopic (exact) mass is 804 g/mol. The van der Waals surface area contributed by atoms with E-state index in [1.807, 2.05) is 39.8 Å². The van der Waals surface area contributed by atoms with Crippen molar-refractivity contribution in [3.05, 3.63) is 83.6 Å². The van der Waals surface area contributed by atoms with Crippen LogP contribution in [0.15, 0.2) is 41.5 Å². The summed E-state index contributed by atoms with van der Waals surface area (Å²) in [6.07, 6.45) is 5.54. The Balaban J connectivity index is 1.40. The minimum atomic E-state index is -1.14. The molecule has 1 atom stereocenters. The van der Waals surface area contributed by atoms with Gasteiger partial charge in [-0.05, 0) is 44.9 Å². The van der Waals surface area contributed by atoms with E-state index in [1.54, 1.807) is 21.3 Å². The molecule has 5 aromatic heterocycles. The van der Waals surface area contributed by atoms with Gasteiger partial charge < -0.3 is 36.3 Å². The summed E-state index contributed by atoms with van der Waals surface area (Å²) in [5.41, 5.74) is 14.5. The summed E-state index contributed by atoms with van der Waals surface area (Å²) in [4.78, 5) is 62.0. The number of amides is 3. The number of thiazole rings is 3. The molecule has 0 aliphatic carbocycles. The van der Waals surface area contributed by atoms with Crippen LogP contribution in [0.3, 0.4) is 0 Å². The van der Waals surface area contributed by atoms with E-state index in [2.05, 4.69) is 25.3 Å². The molecule has 7 N–H and O–H groups in total. The Morgan fingerprint density at radius 3 is 2.33 bits per heavy atom. The number of aryl methyl sites for hydroxylation is 4. The van der Waals surface area contributed by atoms with Gasteiger partial charge in [0.15, 0.2) is 16.7 Å². The molecule has 19 heteroatoms. The van der Waals surface area contributed by atoms with Crippen LogP contribution in [0.25, 0.3) is 21.4 Å². The van der Waals surface area contributed by atoms with Gasteiger partial charge in [0.05, 0.1) is 48.7 Å². The second-order valence-corrected chi connectivity index (χ2v) is 15.7. The van der Waals surface area contributed by atoms with Crippen LogP contribution in [0, 0.1) is 13.8 Å². The van der Waals surface area contributed by atoms with Gasteiger partial charge in [-0.1, -0.05) is 37.3 Å².